The van der Waals surface area contributed by atoms with Gasteiger partial charge in [-0.3, -0.25) is 9.59 Å². The van der Waals surface area contributed by atoms with Gasteiger partial charge in [0.05, 0.1) is 44.1 Å². The third-order valence-corrected chi connectivity index (χ3v) is 9.87. The van der Waals surface area contributed by atoms with Crippen LogP contribution in [0.15, 0.2) is 0 Å². The number of hydrogen-bond donors (Lipinski definition) is 9. The van der Waals surface area contributed by atoms with Gasteiger partial charge in [-0.15, -0.1) is 12.4 Å². The number of β-amino-alcohol motifs (C(OH)–C–C–N with tert-alkyl or cyclic N) is 4. The predicted molar refractivity (Wildman–Crippen MR) is 257 cm³/mol. The number of nitrogens with two attached hydrogens (primary N) is 1. The molecule has 20 nitrogen and oxygen atoms in total. The summed E-state index contributed by atoms with van der Waals surface area (Å²) in [5.74, 6) is -4.87. The van der Waals surface area contributed by atoms with E-state index in [0.29, 0.717) is 45.8 Å². The zero-order valence-corrected chi connectivity index (χ0v) is 45.1. The van der Waals surface area contributed by atoms with Crippen LogP contribution in [-0.2, 0) is 44.2 Å². The summed E-state index contributed by atoms with van der Waals surface area (Å²) in [5.41, 5.74) is 3.81. The van der Waals surface area contributed by atoms with Crippen LogP contribution in [0.4, 0.5) is 40.7 Å². The van der Waals surface area contributed by atoms with Crippen molar-refractivity contribution >= 4 is 42.5 Å². The molecule has 4 heterocycles. The molecule has 0 aromatic rings. The Kier molecular flexibility index (Phi) is 37.4. The first kappa shape index (κ1) is 77.9. The second-order valence-corrected chi connectivity index (χ2v) is 19.5. The third-order valence-electron chi connectivity index (χ3n) is 9.87. The van der Waals surface area contributed by atoms with E-state index in [4.69, 9.17) is 25.1 Å². The van der Waals surface area contributed by atoms with Gasteiger partial charge in [0.1, 0.15) is 16.8 Å². The van der Waals surface area contributed by atoms with Crippen molar-refractivity contribution < 1.29 is 112 Å². The molecule has 4 saturated heterocycles. The molecule has 4 aliphatic heterocycles. The molecule has 0 aromatic carbocycles. The molecular weight excluding hydrogens is 1090 g/mol. The molecule has 0 saturated carbocycles. The van der Waals surface area contributed by atoms with Crippen LogP contribution in [-0.4, -0.2) is 202 Å². The number of rotatable bonds is 6. The number of amides is 5. The van der Waals surface area contributed by atoms with Crippen LogP contribution in [0.25, 0.3) is 0 Å². The Morgan fingerprint density at radius 3 is 1.12 bits per heavy atom. The number of nitrogens with zero attached hydrogens (tertiary/aromatic N) is 3. The zero-order valence-electron chi connectivity index (χ0n) is 42.7. The Bertz CT molecular complexity index is 1540. The van der Waals surface area contributed by atoms with Crippen LogP contribution >= 0.6 is 12.4 Å². The summed E-state index contributed by atoms with van der Waals surface area (Å²) in [4.78, 5) is 60.5. The van der Waals surface area contributed by atoms with Crippen LogP contribution in [0.5, 0.6) is 0 Å². The van der Waals surface area contributed by atoms with E-state index < -0.39 is 77.4 Å². The average molecular weight is 1180 g/mol. The van der Waals surface area contributed by atoms with Gasteiger partial charge in [-0.2, -0.15) is 26.3 Å². The van der Waals surface area contributed by atoms with E-state index in [9.17, 15) is 70.7 Å². The Morgan fingerprint density at radius 2 is 0.875 bits per heavy atom. The Morgan fingerprint density at radius 1 is 0.583 bits per heavy atom. The zero-order chi connectivity index (χ0) is 53.2. The van der Waals surface area contributed by atoms with E-state index in [1.165, 1.54) is 9.80 Å². The number of halogens is 7. The number of carbonyl (C=O) groups is 5. The Hall–Kier alpha value is -3.00. The summed E-state index contributed by atoms with van der Waals surface area (Å²) in [6.07, 6.45) is -12.9. The number of carbonyl (C=O) groups excluding carboxylic acids is 5. The van der Waals surface area contributed by atoms with Crippen molar-refractivity contribution in [2.24, 2.45) is 29.4 Å². The molecule has 72 heavy (non-hydrogen) atoms. The smallest absolute Gasteiger partial charge is 0.444 e. The fourth-order valence-corrected chi connectivity index (χ4v) is 6.40. The minimum Gasteiger partial charge on any atom is -0.444 e. The molecular formula is C44H87ClF6N7O13Pd-. The van der Waals surface area contributed by atoms with E-state index in [-0.39, 0.29) is 112 Å². The van der Waals surface area contributed by atoms with Crippen molar-refractivity contribution in [1.29, 1.82) is 0 Å². The normalized spacial score (nSPS) is 23.6. The van der Waals surface area contributed by atoms with Crippen LogP contribution in [0, 0.1) is 31.1 Å². The minimum atomic E-state index is -4.96. The molecule has 28 heteroatoms. The van der Waals surface area contributed by atoms with Crippen LogP contribution in [0.3, 0.4) is 0 Å². The summed E-state index contributed by atoms with van der Waals surface area (Å²) in [6.45, 7) is 22.4. The molecule has 0 aliphatic carbocycles. The number of aliphatic hydroxyl groups is 5. The summed E-state index contributed by atoms with van der Waals surface area (Å²) in [5, 5.41) is 52.0. The first-order valence-electron chi connectivity index (χ1n) is 22.3. The number of nitrogens with one attached hydrogen (secondary N) is 3. The minimum absolute atomic E-state index is 0. The van der Waals surface area contributed by atoms with Crippen molar-refractivity contribution in [2.75, 3.05) is 78.6 Å². The van der Waals surface area contributed by atoms with Crippen molar-refractivity contribution in [3.63, 3.8) is 0 Å². The number of ether oxygens (including phenoxy) is 3. The van der Waals surface area contributed by atoms with E-state index in [2.05, 4.69) is 5.32 Å². The molecule has 8 unspecified atom stereocenters. The van der Waals surface area contributed by atoms with E-state index in [1.54, 1.807) is 43.2 Å². The molecule has 0 bridgehead atoms. The summed E-state index contributed by atoms with van der Waals surface area (Å²) in [7, 11) is 0. The van der Waals surface area contributed by atoms with Crippen molar-refractivity contribution in [3.05, 3.63) is 7.43 Å². The second-order valence-electron chi connectivity index (χ2n) is 19.5. The van der Waals surface area contributed by atoms with Gasteiger partial charge >= 0.3 is 42.4 Å². The van der Waals surface area contributed by atoms with Gasteiger partial charge in [-0.1, -0.05) is 14.4 Å². The maximum absolute atomic E-state index is 12.1. The van der Waals surface area contributed by atoms with Gasteiger partial charge in [0.2, 0.25) is 0 Å². The van der Waals surface area contributed by atoms with Gasteiger partial charge in [-0.25, -0.2) is 14.4 Å². The number of likely N-dealkylation sites (tertiary alicyclic amines) is 3. The summed E-state index contributed by atoms with van der Waals surface area (Å²) in [6, 6.07) is 0. The topological polar surface area (TPSA) is 286 Å². The van der Waals surface area contributed by atoms with Gasteiger partial charge < -0.3 is 83.6 Å². The van der Waals surface area contributed by atoms with Gasteiger partial charge in [0.15, 0.2) is 0 Å². The second kappa shape index (κ2) is 34.5. The van der Waals surface area contributed by atoms with Gasteiger partial charge in [-0.05, 0) is 82.2 Å². The van der Waals surface area contributed by atoms with E-state index in [1.807, 2.05) is 48.5 Å². The largest absolute Gasteiger partial charge is 0.471 e. The van der Waals surface area contributed by atoms with Gasteiger partial charge in [0.25, 0.3) is 0 Å². The number of hydrogen-bond acceptors (Lipinski definition) is 15. The van der Waals surface area contributed by atoms with Crippen LogP contribution in [0.1, 0.15) is 91.4 Å². The fraction of sp³-hybridized carbons (Fsp3) is 0.864. The summed E-state index contributed by atoms with van der Waals surface area (Å²) < 4.78 is 86.9. The summed E-state index contributed by atoms with van der Waals surface area (Å²) >= 11 is 0. The van der Waals surface area contributed by atoms with E-state index in [0.717, 1.165) is 6.42 Å². The predicted octanol–water partition coefficient (Wildman–Crippen LogP) is 3.69. The number of aliphatic hydroxyl groups excluding tert-OH is 5. The van der Waals surface area contributed by atoms with Crippen LogP contribution in [0.2, 0.25) is 0 Å². The maximum atomic E-state index is 12.1. The molecule has 4 aliphatic rings. The van der Waals surface area contributed by atoms with E-state index >= 15 is 0 Å². The molecule has 4 fully saturated rings. The SMILES string of the molecule is C.CC(C)(C)OC(=O)N1CC(O)C(CN)C1.CC(C)(C)OC(=O)N1CC(O)C(CNC(=O)C(F)(F)F)C1.CCC1CN(C(=O)OC(C)(C)C)CC1O.CCO.Cl.O=C(NCC1CNCC1O)C(F)(F)F.[CH3-].[HH].[Pd]. The molecule has 0 spiro atoms. The van der Waals surface area contributed by atoms with Crippen molar-refractivity contribution in [2.45, 2.75) is 144 Å². The van der Waals surface area contributed by atoms with Gasteiger partial charge in [0, 0.05) is 97.9 Å². The van der Waals surface area contributed by atoms with Crippen LogP contribution < -0.4 is 21.7 Å². The number of alkyl halides is 6. The molecule has 0 aromatic heterocycles. The first-order valence-corrected chi connectivity index (χ1v) is 22.3. The molecule has 436 valence electrons. The Labute approximate surface area is 442 Å². The Balaban J connectivity index is -0.000000199. The monoisotopic (exact) mass is 1180 g/mol. The molecule has 4 rings (SSSR count). The molecule has 0 radical (unpaired) electrons. The van der Waals surface area contributed by atoms with Crippen molar-refractivity contribution in [3.8, 4) is 0 Å². The molecule has 10 N–H and O–H groups in total. The third kappa shape index (κ3) is 31.7. The fourth-order valence-electron chi connectivity index (χ4n) is 6.40. The first-order chi connectivity index (χ1) is 30.9. The van der Waals surface area contributed by atoms with Crippen molar-refractivity contribution in [1.82, 2.24) is 30.7 Å². The maximum Gasteiger partial charge on any atom is 0.471 e. The molecule has 5 amide bonds. The quantitative estimate of drug-likeness (QED) is 0.0794. The molecule has 8 atom stereocenters. The standard InChI is InChI=1S/C12H19F3N2O4.C11H21NO3.C10H20N2O3.C7H11F3N2O2.C2H6O.CH4.CH3.ClH.Pd.H2/c1-11(2,3)21-10(20)17-5-7(8(18)6-17)4-16-9(19)12(13,14)15;1-5-8-6-12(7-9(8)13)10(14)15-11(2,3)4;1-10(2,3)15-9(14)12-5-7(4-11)8(13)6-12;8-7(9,10)6(14)12-2-4-1-11-3-5(4)13;1-2-3;;;;;/h7-8,18H,4-6H2,1-3H3,(H,16,19);8-9,13H,5-7H2,1-4H3;7-8,13H,4-6,11H2,1-3H3;4-5,11,13H,1-3H2,(H,12,14);3H,2H2,1H3;1H4;1H3;1H;;1H/q;;;;;;-1;;;. The average Bonchev–Trinajstić information content (AvgIpc) is 3.97.